The molecule has 1 aromatic rings. The van der Waals surface area contributed by atoms with Gasteiger partial charge in [-0.25, -0.2) is 0 Å². The molecule has 0 aromatic carbocycles. The van der Waals surface area contributed by atoms with E-state index in [-0.39, 0.29) is 17.9 Å². The average molecular weight is 278 g/mol. The molecule has 112 valence electrons. The lowest BCUT2D eigenvalue weighted by atomic mass is 9.97. The van der Waals surface area contributed by atoms with Gasteiger partial charge in [0.2, 0.25) is 5.91 Å². The molecule has 1 fully saturated rings. The van der Waals surface area contributed by atoms with Crippen molar-refractivity contribution in [1.29, 1.82) is 0 Å². The van der Waals surface area contributed by atoms with Gasteiger partial charge in [0, 0.05) is 44.3 Å². The minimum atomic E-state index is 0.0112. The molecule has 0 aliphatic carbocycles. The summed E-state index contributed by atoms with van der Waals surface area (Å²) in [6, 6.07) is 0.287. The second kappa shape index (κ2) is 5.95. The monoisotopic (exact) mass is 278 g/mol. The number of amides is 1. The predicted molar refractivity (Wildman–Crippen MR) is 79.6 cm³/mol. The van der Waals surface area contributed by atoms with Gasteiger partial charge in [-0.2, -0.15) is 5.10 Å². The van der Waals surface area contributed by atoms with Crippen molar-refractivity contribution in [1.82, 2.24) is 20.0 Å². The van der Waals surface area contributed by atoms with Gasteiger partial charge in [0.1, 0.15) is 0 Å². The number of aryl methyl sites for hydroxylation is 2. The summed E-state index contributed by atoms with van der Waals surface area (Å²) in [6.07, 6.45) is 0.779. The summed E-state index contributed by atoms with van der Waals surface area (Å²) >= 11 is 0. The third-order valence-corrected chi connectivity index (χ3v) is 4.38. The summed E-state index contributed by atoms with van der Waals surface area (Å²) in [7, 11) is 1.96. The average Bonchev–Trinajstić information content (AvgIpc) is 2.65. The Morgan fingerprint density at radius 3 is 2.75 bits per heavy atom. The largest absolute Gasteiger partial charge is 0.337 e. The molecule has 5 heteroatoms. The van der Waals surface area contributed by atoms with Crippen LogP contribution in [-0.4, -0.2) is 46.3 Å². The molecule has 1 amide bonds. The molecule has 2 heterocycles. The SMILES string of the molecule is Cc1nn(C)c(C)c1CC(C)C(=O)N1CCNC[C@@H]1C. The summed E-state index contributed by atoms with van der Waals surface area (Å²) in [5.74, 6) is 0.277. The number of carbonyl (C=O) groups is 1. The number of nitrogens with zero attached hydrogens (tertiary/aromatic N) is 3. The maximum Gasteiger partial charge on any atom is 0.226 e. The maximum absolute atomic E-state index is 12.6. The van der Waals surface area contributed by atoms with E-state index < -0.39 is 0 Å². The second-order valence-corrected chi connectivity index (χ2v) is 5.96. The lowest BCUT2D eigenvalue weighted by molar-refractivity contribution is -0.137. The zero-order chi connectivity index (χ0) is 14.9. The van der Waals surface area contributed by atoms with Gasteiger partial charge in [-0.15, -0.1) is 0 Å². The summed E-state index contributed by atoms with van der Waals surface area (Å²) in [4.78, 5) is 14.6. The molecule has 1 aliphatic rings. The third-order valence-electron chi connectivity index (χ3n) is 4.38. The molecule has 0 saturated carbocycles. The third kappa shape index (κ3) is 2.87. The number of carbonyl (C=O) groups excluding carboxylic acids is 1. The first-order valence-electron chi connectivity index (χ1n) is 7.42. The van der Waals surface area contributed by atoms with Crippen molar-refractivity contribution in [3.05, 3.63) is 17.0 Å². The summed E-state index contributed by atoms with van der Waals surface area (Å²) < 4.78 is 1.90. The quantitative estimate of drug-likeness (QED) is 0.898. The molecule has 0 bridgehead atoms. The minimum absolute atomic E-state index is 0.0112. The Kier molecular flexibility index (Phi) is 4.48. The molecular weight excluding hydrogens is 252 g/mol. The van der Waals surface area contributed by atoms with E-state index in [1.165, 1.54) is 5.56 Å². The first-order chi connectivity index (χ1) is 9.41. The normalized spacial score (nSPS) is 21.1. The Balaban J connectivity index is 2.07. The van der Waals surface area contributed by atoms with Gasteiger partial charge < -0.3 is 10.2 Å². The summed E-state index contributed by atoms with van der Waals surface area (Å²) in [5, 5.41) is 7.75. The summed E-state index contributed by atoms with van der Waals surface area (Å²) in [5.41, 5.74) is 3.42. The Hall–Kier alpha value is -1.36. The van der Waals surface area contributed by atoms with Crippen LogP contribution in [0.25, 0.3) is 0 Å². The lowest BCUT2D eigenvalue weighted by Crippen LogP contribution is -2.53. The first kappa shape index (κ1) is 15.0. The molecule has 2 atom stereocenters. The van der Waals surface area contributed by atoms with Crippen LogP contribution >= 0.6 is 0 Å². The van der Waals surface area contributed by atoms with Crippen molar-refractivity contribution in [2.24, 2.45) is 13.0 Å². The smallest absolute Gasteiger partial charge is 0.226 e. The van der Waals surface area contributed by atoms with Gasteiger partial charge in [-0.05, 0) is 32.8 Å². The van der Waals surface area contributed by atoms with Crippen LogP contribution in [0, 0.1) is 19.8 Å². The predicted octanol–water partition coefficient (Wildman–Crippen LogP) is 1.04. The number of aromatic nitrogens is 2. The molecule has 5 nitrogen and oxygen atoms in total. The Bertz CT molecular complexity index is 494. The number of hydrogen-bond acceptors (Lipinski definition) is 3. The van der Waals surface area contributed by atoms with E-state index in [1.807, 2.05) is 30.5 Å². The van der Waals surface area contributed by atoms with Crippen LogP contribution in [0.4, 0.5) is 0 Å². The van der Waals surface area contributed by atoms with Gasteiger partial charge in [0.25, 0.3) is 0 Å². The van der Waals surface area contributed by atoms with Gasteiger partial charge in [0.05, 0.1) is 5.69 Å². The zero-order valence-corrected chi connectivity index (χ0v) is 13.2. The van der Waals surface area contributed by atoms with Crippen molar-refractivity contribution in [3.8, 4) is 0 Å². The molecule has 0 spiro atoms. The van der Waals surface area contributed by atoms with E-state index in [1.54, 1.807) is 0 Å². The highest BCUT2D eigenvalue weighted by Crippen LogP contribution is 2.19. The highest BCUT2D eigenvalue weighted by atomic mass is 16.2. The number of piperazine rings is 1. The Morgan fingerprint density at radius 2 is 2.20 bits per heavy atom. The number of nitrogens with one attached hydrogen (secondary N) is 1. The van der Waals surface area contributed by atoms with Gasteiger partial charge in [-0.3, -0.25) is 9.48 Å². The number of hydrogen-bond donors (Lipinski definition) is 1. The Morgan fingerprint density at radius 1 is 1.50 bits per heavy atom. The van der Waals surface area contributed by atoms with Crippen LogP contribution in [0.2, 0.25) is 0 Å². The fraction of sp³-hybridized carbons (Fsp3) is 0.733. The topological polar surface area (TPSA) is 50.2 Å². The van der Waals surface area contributed by atoms with Crippen molar-refractivity contribution >= 4 is 5.91 Å². The molecule has 0 radical (unpaired) electrons. The lowest BCUT2D eigenvalue weighted by Gasteiger charge is -2.35. The molecule has 1 N–H and O–H groups in total. The molecule has 1 aromatic heterocycles. The van der Waals surface area contributed by atoms with E-state index >= 15 is 0 Å². The van der Waals surface area contributed by atoms with Crippen LogP contribution in [0.15, 0.2) is 0 Å². The van der Waals surface area contributed by atoms with E-state index in [4.69, 9.17) is 0 Å². The summed E-state index contributed by atoms with van der Waals surface area (Å²) in [6.45, 7) is 10.8. The van der Waals surface area contributed by atoms with Gasteiger partial charge in [-0.1, -0.05) is 6.92 Å². The van der Waals surface area contributed by atoms with Crippen LogP contribution < -0.4 is 5.32 Å². The van der Waals surface area contributed by atoms with Crippen LogP contribution in [0.1, 0.15) is 30.8 Å². The molecular formula is C15H26N4O. The van der Waals surface area contributed by atoms with Crippen LogP contribution in [0.3, 0.4) is 0 Å². The fourth-order valence-corrected chi connectivity index (χ4v) is 2.96. The highest BCUT2D eigenvalue weighted by Gasteiger charge is 2.27. The van der Waals surface area contributed by atoms with Crippen molar-refractivity contribution in [2.45, 2.75) is 40.2 Å². The minimum Gasteiger partial charge on any atom is -0.337 e. The molecule has 1 unspecified atom stereocenters. The van der Waals surface area contributed by atoms with E-state index in [0.29, 0.717) is 0 Å². The van der Waals surface area contributed by atoms with Crippen LogP contribution in [0.5, 0.6) is 0 Å². The van der Waals surface area contributed by atoms with Gasteiger partial charge in [0.15, 0.2) is 0 Å². The van der Waals surface area contributed by atoms with Crippen molar-refractivity contribution < 1.29 is 4.79 Å². The van der Waals surface area contributed by atoms with Crippen molar-refractivity contribution in [2.75, 3.05) is 19.6 Å². The highest BCUT2D eigenvalue weighted by molar-refractivity contribution is 5.79. The fourth-order valence-electron chi connectivity index (χ4n) is 2.96. The number of rotatable bonds is 3. The maximum atomic E-state index is 12.6. The van der Waals surface area contributed by atoms with Crippen LogP contribution in [-0.2, 0) is 18.3 Å². The van der Waals surface area contributed by atoms with E-state index in [9.17, 15) is 4.79 Å². The molecule has 20 heavy (non-hydrogen) atoms. The molecule has 2 rings (SSSR count). The zero-order valence-electron chi connectivity index (χ0n) is 13.2. The Labute approximate surface area is 121 Å². The first-order valence-corrected chi connectivity index (χ1v) is 7.42. The second-order valence-electron chi connectivity index (χ2n) is 5.96. The molecule has 1 saturated heterocycles. The van der Waals surface area contributed by atoms with E-state index in [2.05, 4.69) is 24.3 Å². The van der Waals surface area contributed by atoms with Gasteiger partial charge >= 0.3 is 0 Å². The molecule has 1 aliphatic heterocycles. The standard InChI is InChI=1S/C15H26N4O/c1-10(8-14-12(3)17-18(5)13(14)4)15(20)19-7-6-16-9-11(19)2/h10-11,16H,6-9H2,1-5H3/t10?,11-/m0/s1. The van der Waals surface area contributed by atoms with E-state index in [0.717, 1.165) is 37.4 Å². The van der Waals surface area contributed by atoms with Crippen molar-refractivity contribution in [3.63, 3.8) is 0 Å².